The van der Waals surface area contributed by atoms with Gasteiger partial charge in [-0.1, -0.05) is 63.9 Å². The third-order valence-electron chi connectivity index (χ3n) is 11.3. The molecule has 13 nitrogen and oxygen atoms in total. The van der Waals surface area contributed by atoms with Crippen LogP contribution in [0.5, 0.6) is 11.5 Å². The normalized spacial score (nSPS) is 17.2. The predicted octanol–water partition coefficient (Wildman–Crippen LogP) is 5.31. The largest absolute Gasteiger partial charge is 0.506 e. The molecule has 58 heavy (non-hydrogen) atoms. The first-order chi connectivity index (χ1) is 28.1. The van der Waals surface area contributed by atoms with E-state index in [1.807, 2.05) is 10.3 Å². The number of unbranched alkanes of at least 4 members (excludes halogenated alkanes) is 1. The summed E-state index contributed by atoms with van der Waals surface area (Å²) in [6.45, 7) is 13.3. The van der Waals surface area contributed by atoms with E-state index in [4.69, 9.17) is 14.2 Å². The second-order valence-electron chi connectivity index (χ2n) is 16.1. The molecule has 2 aromatic carbocycles. The Morgan fingerprint density at radius 2 is 1.88 bits per heavy atom. The number of aromatic nitrogens is 1. The average Bonchev–Trinajstić information content (AvgIpc) is 3.73. The van der Waals surface area contributed by atoms with E-state index in [0.29, 0.717) is 81.8 Å². The first kappa shape index (κ1) is 43.5. The number of hydrogen-bond acceptors (Lipinski definition) is 11. The molecule has 6 rings (SSSR count). The lowest BCUT2D eigenvalue weighted by Gasteiger charge is -2.47. The third-order valence-corrected chi connectivity index (χ3v) is 12.5. The van der Waals surface area contributed by atoms with Crippen LogP contribution in [-0.2, 0) is 38.3 Å². The number of aromatic hydroxyl groups is 1. The zero-order chi connectivity index (χ0) is 40.9. The van der Waals surface area contributed by atoms with Crippen molar-refractivity contribution in [3.8, 4) is 11.5 Å². The molecule has 0 radical (unpaired) electrons. The monoisotopic (exact) mass is 818 g/mol. The summed E-state index contributed by atoms with van der Waals surface area (Å²) in [7, 11) is 0. The van der Waals surface area contributed by atoms with Crippen molar-refractivity contribution in [2.75, 3.05) is 77.5 Å². The summed E-state index contributed by atoms with van der Waals surface area (Å²) in [5.41, 5.74) is 4.05. The minimum absolute atomic E-state index is 0.0121. The van der Waals surface area contributed by atoms with Crippen LogP contribution in [0.2, 0.25) is 0 Å². The highest BCUT2D eigenvalue weighted by molar-refractivity contribution is 7.09. The zero-order valence-corrected chi connectivity index (χ0v) is 35.3. The molecule has 3 amide bonds. The molecule has 1 unspecified atom stereocenters. The molecule has 1 atom stereocenters. The molecule has 4 heterocycles. The van der Waals surface area contributed by atoms with Gasteiger partial charge in [-0.15, -0.1) is 11.3 Å². The van der Waals surface area contributed by atoms with Gasteiger partial charge in [0.05, 0.1) is 42.9 Å². The topological polar surface area (TPSA) is 155 Å². The van der Waals surface area contributed by atoms with Gasteiger partial charge >= 0.3 is 0 Å². The molecule has 316 valence electrons. The maximum absolute atomic E-state index is 13.3. The lowest BCUT2D eigenvalue weighted by atomic mass is 9.89. The Labute approximate surface area is 347 Å². The number of phenolic OH excluding ortho intramolecular Hbond substituents is 1. The summed E-state index contributed by atoms with van der Waals surface area (Å²) in [5.74, 6) is 0.537. The van der Waals surface area contributed by atoms with Crippen molar-refractivity contribution in [1.29, 1.82) is 0 Å². The molecular weight excluding hydrogens is 757 g/mol. The molecular formula is C44H62N6O7S. The molecule has 0 saturated carbocycles. The number of hydrogen-bond donors (Lipinski definition) is 4. The van der Waals surface area contributed by atoms with Crippen molar-refractivity contribution < 1.29 is 33.7 Å². The van der Waals surface area contributed by atoms with Crippen molar-refractivity contribution in [2.24, 2.45) is 0 Å². The minimum Gasteiger partial charge on any atom is -0.506 e. The van der Waals surface area contributed by atoms with Crippen LogP contribution in [-0.4, -0.2) is 121 Å². The van der Waals surface area contributed by atoms with E-state index in [0.717, 1.165) is 75.2 Å². The summed E-state index contributed by atoms with van der Waals surface area (Å²) < 4.78 is 18.2. The number of rotatable bonds is 20. The van der Waals surface area contributed by atoms with Crippen LogP contribution < -0.4 is 20.7 Å². The quantitative estimate of drug-likeness (QED) is 0.0872. The highest BCUT2D eigenvalue weighted by Gasteiger charge is 2.41. The Morgan fingerprint density at radius 1 is 1.07 bits per heavy atom. The van der Waals surface area contributed by atoms with Crippen molar-refractivity contribution in [3.63, 3.8) is 0 Å². The fraction of sp³-hybridized carbons (Fsp3) is 0.591. The molecule has 14 heteroatoms. The lowest BCUT2D eigenvalue weighted by molar-refractivity contribution is -0.127. The van der Waals surface area contributed by atoms with Crippen molar-refractivity contribution in [3.05, 3.63) is 69.2 Å². The number of thiazole rings is 1. The summed E-state index contributed by atoms with van der Waals surface area (Å²) in [6.07, 6.45) is 7.37. The van der Waals surface area contributed by atoms with Gasteiger partial charge < -0.3 is 45.1 Å². The number of carbonyl (C=O) groups excluding carboxylic acids is 3. The first-order valence-corrected chi connectivity index (χ1v) is 22.0. The van der Waals surface area contributed by atoms with Gasteiger partial charge in [0.25, 0.3) is 11.8 Å². The van der Waals surface area contributed by atoms with Crippen molar-refractivity contribution >= 4 is 34.7 Å². The SMILES string of the molecule is CCCCC(CC(=O)NCCNCCc1ccc(O)c2c1OCC(=O)N2)OCCc1cccc(CCN2CCC3(CC2)CN(C(=O)c2csc(C(C)C)n2)CCO3)c1. The smallest absolute Gasteiger partial charge is 0.273 e. The maximum atomic E-state index is 13.3. The Kier molecular flexibility index (Phi) is 15.9. The van der Waals surface area contributed by atoms with Crippen LogP contribution in [0.3, 0.4) is 0 Å². The van der Waals surface area contributed by atoms with Crippen LogP contribution in [0, 0.1) is 0 Å². The lowest BCUT2D eigenvalue weighted by Crippen LogP contribution is -2.58. The fourth-order valence-corrected chi connectivity index (χ4v) is 8.70. The number of nitrogens with zero attached hydrogens (tertiary/aromatic N) is 3. The summed E-state index contributed by atoms with van der Waals surface area (Å²) in [5, 5.41) is 22.0. The highest BCUT2D eigenvalue weighted by Crippen LogP contribution is 2.39. The number of benzene rings is 2. The number of phenols is 1. The van der Waals surface area contributed by atoms with Gasteiger partial charge in [0.15, 0.2) is 12.4 Å². The van der Waals surface area contributed by atoms with Gasteiger partial charge in [0.2, 0.25) is 5.91 Å². The molecule has 1 spiro atoms. The second-order valence-corrected chi connectivity index (χ2v) is 17.0. The van der Waals surface area contributed by atoms with Crippen LogP contribution in [0.15, 0.2) is 41.8 Å². The number of nitrogens with one attached hydrogen (secondary N) is 3. The van der Waals surface area contributed by atoms with Crippen LogP contribution >= 0.6 is 11.3 Å². The molecule has 2 fully saturated rings. The molecule has 0 bridgehead atoms. The number of likely N-dealkylation sites (tertiary alicyclic amines) is 1. The zero-order valence-electron chi connectivity index (χ0n) is 34.5. The van der Waals surface area contributed by atoms with Gasteiger partial charge in [-0.05, 0) is 67.8 Å². The number of fused-ring (bicyclic) bond motifs is 1. The number of morpholine rings is 1. The van der Waals surface area contributed by atoms with Gasteiger partial charge in [0, 0.05) is 50.6 Å². The van der Waals surface area contributed by atoms with E-state index in [1.54, 1.807) is 23.5 Å². The number of ether oxygens (including phenoxy) is 3. The fourth-order valence-electron chi connectivity index (χ4n) is 7.89. The second kappa shape index (κ2) is 21.3. The summed E-state index contributed by atoms with van der Waals surface area (Å²) in [6, 6.07) is 12.1. The van der Waals surface area contributed by atoms with E-state index in [-0.39, 0.29) is 41.8 Å². The number of amides is 3. The molecule has 4 N–H and O–H groups in total. The number of carbonyl (C=O) groups is 3. The average molecular weight is 819 g/mol. The van der Waals surface area contributed by atoms with Gasteiger partial charge in [-0.25, -0.2) is 4.98 Å². The van der Waals surface area contributed by atoms with Crippen molar-refractivity contribution in [1.82, 2.24) is 25.4 Å². The molecule has 3 aliphatic rings. The maximum Gasteiger partial charge on any atom is 0.273 e. The number of anilines is 1. The Balaban J connectivity index is 0.866. The van der Waals surface area contributed by atoms with E-state index in [2.05, 4.69) is 70.9 Å². The Morgan fingerprint density at radius 3 is 2.66 bits per heavy atom. The van der Waals surface area contributed by atoms with Crippen LogP contribution in [0.25, 0.3) is 0 Å². The van der Waals surface area contributed by atoms with E-state index in [1.165, 1.54) is 11.1 Å². The van der Waals surface area contributed by atoms with Crippen molar-refractivity contribution in [2.45, 2.75) is 96.2 Å². The third kappa shape index (κ3) is 12.2. The molecule has 2 saturated heterocycles. The molecule has 0 aliphatic carbocycles. The van der Waals surface area contributed by atoms with E-state index >= 15 is 0 Å². The molecule has 3 aliphatic heterocycles. The van der Waals surface area contributed by atoms with E-state index in [9.17, 15) is 19.5 Å². The molecule has 3 aromatic rings. The van der Waals surface area contributed by atoms with Gasteiger partial charge in [-0.3, -0.25) is 14.4 Å². The van der Waals surface area contributed by atoms with Gasteiger partial charge in [-0.2, -0.15) is 0 Å². The Hall–Kier alpha value is -4.08. The summed E-state index contributed by atoms with van der Waals surface area (Å²) >= 11 is 1.57. The van der Waals surface area contributed by atoms with Gasteiger partial charge in [0.1, 0.15) is 17.1 Å². The number of piperidine rings is 1. The summed E-state index contributed by atoms with van der Waals surface area (Å²) in [4.78, 5) is 46.9. The van der Waals surface area contributed by atoms with E-state index < -0.39 is 0 Å². The standard InChI is InChI=1S/C44H62N6O7S/c1-4-5-9-35(27-38(52)46-19-18-45-17-12-34-10-11-37(51)40-41(34)56-28-39(53)48-40)55-24-14-33-8-6-7-32(26-33)13-20-49-21-15-44(16-22-49)30-50(23-25-57-44)43(54)36-29-58-42(47-36)31(2)3/h6-8,10-11,26,29,31,35,45,51H,4-5,9,12-25,27-28,30H2,1-3H3,(H,46,52)(H,48,53). The van der Waals surface area contributed by atoms with Crippen LogP contribution in [0.1, 0.15) is 97.4 Å². The molecule has 1 aromatic heterocycles. The highest BCUT2D eigenvalue weighted by atomic mass is 32.1. The Bertz CT molecular complexity index is 1830. The van der Waals surface area contributed by atoms with Crippen LogP contribution in [0.4, 0.5) is 5.69 Å². The predicted molar refractivity (Wildman–Crippen MR) is 226 cm³/mol. The minimum atomic E-state index is -0.288. The first-order valence-electron chi connectivity index (χ1n) is 21.2.